The van der Waals surface area contributed by atoms with E-state index >= 15 is 0 Å². The van der Waals surface area contributed by atoms with E-state index in [4.69, 9.17) is 21.1 Å². The maximum absolute atomic E-state index is 8.47. The zero-order valence-electron chi connectivity index (χ0n) is 4.97. The van der Waals surface area contributed by atoms with Crippen molar-refractivity contribution < 1.29 is 68.7 Å². The van der Waals surface area contributed by atoms with Crippen molar-refractivity contribution in [2.24, 2.45) is 0 Å². The predicted octanol–water partition coefficient (Wildman–Crippen LogP) is -5.60. The first-order chi connectivity index (χ1) is 2.83. The molecule has 8 heavy (non-hydrogen) atoms. The van der Waals surface area contributed by atoms with Crippen LogP contribution in [-0.4, -0.2) is 12.8 Å². The van der Waals surface area contributed by atoms with Crippen LogP contribution in [0.4, 0.5) is 0 Å². The van der Waals surface area contributed by atoms with Gasteiger partial charge in [-0.25, -0.2) is 0 Å². The van der Waals surface area contributed by atoms with Crippen LogP contribution in [-0.2, 0) is 9.59 Å². The van der Waals surface area contributed by atoms with E-state index < -0.39 is 0 Å². The van der Waals surface area contributed by atoms with Gasteiger partial charge in [-0.05, 0) is 0 Å². The Morgan fingerprint density at radius 3 is 0.875 bits per heavy atom. The van der Waals surface area contributed by atoms with E-state index in [-0.39, 0.29) is 71.9 Å². The van der Waals surface area contributed by atoms with Crippen LogP contribution in [0.2, 0.25) is 0 Å². The first-order valence-electron chi connectivity index (χ1n) is 1.05. The minimum absolute atomic E-state index is 0. The van der Waals surface area contributed by atoms with Gasteiger partial charge in [0.05, 0.1) is 0 Å². The number of carbonyl (C=O) groups excluding carboxylic acids is 2. The van der Waals surface area contributed by atoms with Crippen molar-refractivity contribution in [3.63, 3.8) is 0 Å². The fourth-order valence-corrected chi connectivity index (χ4v) is 0. The molecule has 0 bridgehead atoms. The molecule has 0 fully saturated rings. The molecule has 0 radical (unpaired) electrons. The SMILES string of the molecule is [NH-]C=O.[NH-]C=O.[Na+].[Na+]. The molecule has 0 aromatic rings. The molecule has 0 saturated heterocycles. The van der Waals surface area contributed by atoms with E-state index in [1.165, 1.54) is 0 Å². The monoisotopic (exact) mass is 134 g/mol. The van der Waals surface area contributed by atoms with Crippen molar-refractivity contribution >= 4 is 12.8 Å². The van der Waals surface area contributed by atoms with Crippen LogP contribution in [0.5, 0.6) is 0 Å². The van der Waals surface area contributed by atoms with Crippen LogP contribution in [0.3, 0.4) is 0 Å². The third-order valence-electron chi connectivity index (χ3n) is 0. The fourth-order valence-electron chi connectivity index (χ4n) is 0. The summed E-state index contributed by atoms with van der Waals surface area (Å²) >= 11 is 0. The predicted molar refractivity (Wildman–Crippen MR) is 20.8 cm³/mol. The van der Waals surface area contributed by atoms with Crippen molar-refractivity contribution in [1.29, 1.82) is 0 Å². The molecule has 0 aromatic carbocycles. The van der Waals surface area contributed by atoms with Gasteiger partial charge in [-0.2, -0.15) is 0 Å². The average Bonchev–Trinajstić information content (AvgIpc) is 1.39. The first kappa shape index (κ1) is 23.1. The first-order valence-corrected chi connectivity index (χ1v) is 1.05. The van der Waals surface area contributed by atoms with Gasteiger partial charge in [-0.1, -0.05) is 0 Å². The summed E-state index contributed by atoms with van der Waals surface area (Å²) in [7, 11) is 0. The number of hydrogen-bond donors (Lipinski definition) is 0. The number of rotatable bonds is 0. The number of nitrogens with one attached hydrogen (secondary N) is 2. The summed E-state index contributed by atoms with van der Waals surface area (Å²) in [6.07, 6.45) is 0. The van der Waals surface area contributed by atoms with Gasteiger partial charge in [0.1, 0.15) is 0 Å². The Morgan fingerprint density at radius 2 is 0.875 bits per heavy atom. The third kappa shape index (κ3) is 277. The number of hydrogen-bond acceptors (Lipinski definition) is 2. The van der Waals surface area contributed by atoms with Gasteiger partial charge in [0.2, 0.25) is 0 Å². The Kier molecular flexibility index (Phi) is 128. The molecule has 0 aliphatic rings. The van der Waals surface area contributed by atoms with Crippen LogP contribution in [0, 0.1) is 0 Å². The van der Waals surface area contributed by atoms with E-state index in [1.54, 1.807) is 0 Å². The molecule has 36 valence electrons. The quantitative estimate of drug-likeness (QED) is 0.244. The molecule has 0 saturated carbocycles. The molecule has 0 aliphatic carbocycles. The minimum atomic E-state index is 0. The smallest absolute Gasteiger partial charge is 0.671 e. The van der Waals surface area contributed by atoms with E-state index in [2.05, 4.69) is 0 Å². The Labute approximate surface area is 91.9 Å². The van der Waals surface area contributed by atoms with Crippen LogP contribution in [0.25, 0.3) is 11.5 Å². The van der Waals surface area contributed by atoms with Crippen molar-refractivity contribution in [2.45, 2.75) is 0 Å². The number of carbonyl (C=O) groups is 2. The van der Waals surface area contributed by atoms with Crippen molar-refractivity contribution in [2.75, 3.05) is 0 Å². The molecule has 0 aromatic heterocycles. The summed E-state index contributed by atoms with van der Waals surface area (Å²) in [5.41, 5.74) is 11.1. The van der Waals surface area contributed by atoms with E-state index in [9.17, 15) is 0 Å². The standard InChI is InChI=1S/2CH3NO.2Na/c2*2-1-3;;/h2*1H,(H2,2,3);;/q;;2*+1/p-2. The van der Waals surface area contributed by atoms with Gasteiger partial charge >= 0.3 is 59.1 Å². The summed E-state index contributed by atoms with van der Waals surface area (Å²) in [5.74, 6) is 0. The topological polar surface area (TPSA) is 81.7 Å². The maximum atomic E-state index is 8.47. The Bertz CT molecular complexity index is 37.0. The molecule has 0 heterocycles. The summed E-state index contributed by atoms with van der Waals surface area (Å²) in [6, 6.07) is 0. The third-order valence-corrected chi connectivity index (χ3v) is 0. The summed E-state index contributed by atoms with van der Waals surface area (Å²) < 4.78 is 0. The zero-order valence-corrected chi connectivity index (χ0v) is 8.97. The fraction of sp³-hybridized carbons (Fsp3) is 0. The van der Waals surface area contributed by atoms with E-state index in [0.717, 1.165) is 0 Å². The van der Waals surface area contributed by atoms with Crippen molar-refractivity contribution in [3.05, 3.63) is 11.5 Å². The molecule has 2 N–H and O–H groups in total. The summed E-state index contributed by atoms with van der Waals surface area (Å²) in [6.45, 7) is 0. The van der Waals surface area contributed by atoms with Crippen molar-refractivity contribution in [3.8, 4) is 0 Å². The van der Waals surface area contributed by atoms with Gasteiger partial charge in [-0.15, -0.1) is 0 Å². The van der Waals surface area contributed by atoms with Gasteiger partial charge in [-0.3, -0.25) is 0 Å². The zero-order chi connectivity index (χ0) is 5.41. The molecular weight excluding hydrogens is 130 g/mol. The van der Waals surface area contributed by atoms with Crippen LogP contribution < -0.4 is 59.1 Å². The normalized spacial score (nSPS) is 3.00. The van der Waals surface area contributed by atoms with E-state index in [0.29, 0.717) is 0 Å². The van der Waals surface area contributed by atoms with Crippen LogP contribution >= 0.6 is 0 Å². The van der Waals surface area contributed by atoms with Gasteiger partial charge in [0, 0.05) is 12.8 Å². The summed E-state index contributed by atoms with van der Waals surface area (Å²) in [5, 5.41) is 0. The molecule has 4 nitrogen and oxygen atoms in total. The maximum Gasteiger partial charge on any atom is 1.00 e. The minimum Gasteiger partial charge on any atom is -0.671 e. The Hall–Kier alpha value is 0.940. The molecule has 0 rings (SSSR count). The van der Waals surface area contributed by atoms with Crippen LogP contribution in [0.15, 0.2) is 0 Å². The number of amides is 2. The van der Waals surface area contributed by atoms with Crippen molar-refractivity contribution in [1.82, 2.24) is 0 Å². The molecule has 0 atom stereocenters. The molecule has 0 unspecified atom stereocenters. The second kappa shape index (κ2) is 44.2. The van der Waals surface area contributed by atoms with Crippen LogP contribution in [0.1, 0.15) is 0 Å². The molecular formula is C2H4N2Na2O2. The van der Waals surface area contributed by atoms with Gasteiger partial charge in [0.25, 0.3) is 0 Å². The Morgan fingerprint density at radius 1 is 0.875 bits per heavy atom. The Balaban J connectivity index is -0.0000000160. The van der Waals surface area contributed by atoms with Gasteiger partial charge in [0.15, 0.2) is 0 Å². The van der Waals surface area contributed by atoms with Gasteiger partial charge < -0.3 is 21.1 Å². The summed E-state index contributed by atoms with van der Waals surface area (Å²) in [4.78, 5) is 16.9. The molecule has 6 heteroatoms. The second-order valence-electron chi connectivity index (χ2n) is 0.236. The second-order valence-corrected chi connectivity index (χ2v) is 0.236. The average molecular weight is 134 g/mol. The molecule has 0 aliphatic heterocycles. The largest absolute Gasteiger partial charge is 1.00 e. The van der Waals surface area contributed by atoms with E-state index in [1.807, 2.05) is 0 Å². The molecule has 0 spiro atoms. The molecule has 2 amide bonds.